The van der Waals surface area contributed by atoms with Gasteiger partial charge in [0.05, 0.1) is 17.3 Å². The normalized spacial score (nSPS) is 31.0. The number of hydrogen-bond donors (Lipinski definition) is 3. The first-order chi connectivity index (χ1) is 13.0. The van der Waals surface area contributed by atoms with Gasteiger partial charge >= 0.3 is 5.97 Å². The van der Waals surface area contributed by atoms with Crippen LogP contribution in [0, 0.1) is 0 Å². The third-order valence-electron chi connectivity index (χ3n) is 5.93. The number of aliphatic hydroxyl groups is 2. The number of aromatic carboxylic acids is 1. The Labute approximate surface area is 165 Å². The van der Waals surface area contributed by atoms with Crippen molar-refractivity contribution in [2.75, 3.05) is 0 Å². The van der Waals surface area contributed by atoms with Crippen LogP contribution in [-0.2, 0) is 4.74 Å². The molecule has 1 fully saturated rings. The second-order valence-electron chi connectivity index (χ2n) is 8.68. The molecular formula is C22H30O6. The summed E-state index contributed by atoms with van der Waals surface area (Å²) in [5.41, 5.74) is 0.0471. The standard InChI is InChI=1S/C22H30O6/c1-13(2)6-5-10-21(3,26)17-9-11-22(4,28-17)19-18(23)15-12-14(20(24)25)7-8-16(15)27-19/h6-8,12,17-19,23,26H,5,9-11H2,1-4H3,(H,24,25)/t17?,18-,19+,21?,22?/m0/s1. The van der Waals surface area contributed by atoms with E-state index in [1.807, 2.05) is 20.8 Å². The van der Waals surface area contributed by atoms with Crippen molar-refractivity contribution in [3.63, 3.8) is 0 Å². The summed E-state index contributed by atoms with van der Waals surface area (Å²) in [6.07, 6.45) is 2.80. The van der Waals surface area contributed by atoms with Gasteiger partial charge < -0.3 is 24.8 Å². The molecule has 154 valence electrons. The van der Waals surface area contributed by atoms with Gasteiger partial charge in [-0.2, -0.15) is 0 Å². The van der Waals surface area contributed by atoms with Crippen LogP contribution in [0.1, 0.15) is 75.4 Å². The van der Waals surface area contributed by atoms with E-state index in [-0.39, 0.29) is 11.7 Å². The minimum atomic E-state index is -1.05. The Morgan fingerprint density at radius 3 is 2.75 bits per heavy atom. The smallest absolute Gasteiger partial charge is 0.335 e. The van der Waals surface area contributed by atoms with Gasteiger partial charge in [0.2, 0.25) is 0 Å². The Bertz CT molecular complexity index is 779. The molecule has 0 spiro atoms. The molecule has 3 unspecified atom stereocenters. The Hall–Kier alpha value is -1.89. The quantitative estimate of drug-likeness (QED) is 0.642. The Balaban J connectivity index is 1.72. The summed E-state index contributed by atoms with van der Waals surface area (Å²) in [6, 6.07) is 4.49. The van der Waals surface area contributed by atoms with Gasteiger partial charge in [0.25, 0.3) is 0 Å². The molecule has 28 heavy (non-hydrogen) atoms. The third kappa shape index (κ3) is 3.95. The summed E-state index contributed by atoms with van der Waals surface area (Å²) >= 11 is 0. The summed E-state index contributed by atoms with van der Waals surface area (Å²) in [5, 5.41) is 30.9. The highest BCUT2D eigenvalue weighted by Crippen LogP contribution is 2.48. The van der Waals surface area contributed by atoms with Gasteiger partial charge in [0.15, 0.2) is 6.10 Å². The summed E-state index contributed by atoms with van der Waals surface area (Å²) in [6.45, 7) is 7.74. The Kier molecular flexibility index (Phi) is 5.58. The number of aliphatic hydroxyl groups excluding tert-OH is 1. The molecule has 0 radical (unpaired) electrons. The number of ether oxygens (including phenoxy) is 2. The van der Waals surface area contributed by atoms with Gasteiger partial charge in [0.1, 0.15) is 17.5 Å². The maximum absolute atomic E-state index is 11.2. The number of carboxylic acid groups (broad SMARTS) is 1. The van der Waals surface area contributed by atoms with E-state index < -0.39 is 29.4 Å². The molecule has 0 aromatic heterocycles. The average Bonchev–Trinajstić information content (AvgIpc) is 3.17. The van der Waals surface area contributed by atoms with Gasteiger partial charge in [-0.05, 0) is 71.6 Å². The SMILES string of the molecule is CC(C)=CCCC(C)(O)C1CCC(C)([C@@H]2Oc3ccc(C(=O)O)cc3[C@@H]2O)O1. The van der Waals surface area contributed by atoms with Crippen LogP contribution in [0.4, 0.5) is 0 Å². The maximum Gasteiger partial charge on any atom is 0.335 e. The molecule has 1 aromatic carbocycles. The minimum absolute atomic E-state index is 0.111. The summed E-state index contributed by atoms with van der Waals surface area (Å²) < 4.78 is 12.2. The van der Waals surface area contributed by atoms with Crippen molar-refractivity contribution >= 4 is 5.97 Å². The number of fused-ring (bicyclic) bond motifs is 1. The zero-order valence-electron chi connectivity index (χ0n) is 16.9. The lowest BCUT2D eigenvalue weighted by molar-refractivity contribution is -0.167. The van der Waals surface area contributed by atoms with Gasteiger partial charge in [-0.1, -0.05) is 11.6 Å². The van der Waals surface area contributed by atoms with Crippen molar-refractivity contribution in [3.05, 3.63) is 41.0 Å². The molecule has 6 heteroatoms. The maximum atomic E-state index is 11.2. The number of benzene rings is 1. The van der Waals surface area contributed by atoms with Crippen LogP contribution >= 0.6 is 0 Å². The predicted molar refractivity (Wildman–Crippen MR) is 105 cm³/mol. The van der Waals surface area contributed by atoms with Crippen LogP contribution in [0.25, 0.3) is 0 Å². The lowest BCUT2D eigenvalue weighted by atomic mass is 9.88. The summed E-state index contributed by atoms with van der Waals surface area (Å²) in [4.78, 5) is 11.2. The predicted octanol–water partition coefficient (Wildman–Crippen LogP) is 3.61. The van der Waals surface area contributed by atoms with Crippen molar-refractivity contribution in [1.82, 2.24) is 0 Å². The van der Waals surface area contributed by atoms with E-state index in [4.69, 9.17) is 9.47 Å². The highest BCUT2D eigenvalue weighted by atomic mass is 16.6. The summed E-state index contributed by atoms with van der Waals surface area (Å²) in [5.74, 6) is -0.569. The zero-order chi connectivity index (χ0) is 20.7. The lowest BCUT2D eigenvalue weighted by Crippen LogP contribution is -2.47. The topological polar surface area (TPSA) is 96.2 Å². The second-order valence-corrected chi connectivity index (χ2v) is 8.68. The summed E-state index contributed by atoms with van der Waals surface area (Å²) in [7, 11) is 0. The van der Waals surface area contributed by atoms with Crippen molar-refractivity contribution in [2.24, 2.45) is 0 Å². The molecule has 3 rings (SSSR count). The molecule has 2 aliphatic heterocycles. The van der Waals surface area contributed by atoms with Gasteiger partial charge in [-0.25, -0.2) is 4.79 Å². The first kappa shape index (κ1) is 20.8. The minimum Gasteiger partial charge on any atom is -0.484 e. The van der Waals surface area contributed by atoms with Crippen LogP contribution in [-0.4, -0.2) is 44.7 Å². The molecule has 0 amide bonds. The Morgan fingerprint density at radius 2 is 2.11 bits per heavy atom. The van der Waals surface area contributed by atoms with Crippen molar-refractivity contribution < 1.29 is 29.6 Å². The van der Waals surface area contributed by atoms with Crippen molar-refractivity contribution in [3.8, 4) is 5.75 Å². The Morgan fingerprint density at radius 1 is 1.39 bits per heavy atom. The van der Waals surface area contributed by atoms with Crippen molar-refractivity contribution in [2.45, 2.75) is 82.9 Å². The number of allylic oxidation sites excluding steroid dienone is 2. The van der Waals surface area contributed by atoms with E-state index in [1.165, 1.54) is 17.7 Å². The van der Waals surface area contributed by atoms with Crippen LogP contribution < -0.4 is 4.74 Å². The molecule has 1 aromatic rings. The fraction of sp³-hybridized carbons (Fsp3) is 0.591. The lowest BCUT2D eigenvalue weighted by Gasteiger charge is -2.36. The molecule has 0 bridgehead atoms. The van der Waals surface area contributed by atoms with E-state index >= 15 is 0 Å². The van der Waals surface area contributed by atoms with E-state index in [0.717, 1.165) is 6.42 Å². The molecule has 2 heterocycles. The van der Waals surface area contributed by atoms with Crippen LogP contribution in [0.15, 0.2) is 29.8 Å². The van der Waals surface area contributed by atoms with Gasteiger partial charge in [-0.15, -0.1) is 0 Å². The first-order valence-corrected chi connectivity index (χ1v) is 9.79. The number of carbonyl (C=O) groups is 1. The molecule has 0 saturated carbocycles. The van der Waals surface area contributed by atoms with Crippen LogP contribution in [0.3, 0.4) is 0 Å². The number of rotatable bonds is 6. The zero-order valence-corrected chi connectivity index (χ0v) is 16.9. The van der Waals surface area contributed by atoms with E-state index in [1.54, 1.807) is 13.0 Å². The van der Waals surface area contributed by atoms with Crippen molar-refractivity contribution in [1.29, 1.82) is 0 Å². The largest absolute Gasteiger partial charge is 0.484 e. The average molecular weight is 390 g/mol. The molecule has 5 atom stereocenters. The molecule has 0 aliphatic carbocycles. The first-order valence-electron chi connectivity index (χ1n) is 9.79. The molecule has 2 aliphatic rings. The molecular weight excluding hydrogens is 360 g/mol. The number of carboxylic acids is 1. The fourth-order valence-corrected chi connectivity index (χ4v) is 4.16. The third-order valence-corrected chi connectivity index (χ3v) is 5.93. The second kappa shape index (κ2) is 7.50. The van der Waals surface area contributed by atoms with E-state index in [9.17, 15) is 20.1 Å². The molecule has 1 saturated heterocycles. The molecule has 6 nitrogen and oxygen atoms in total. The fourth-order valence-electron chi connectivity index (χ4n) is 4.16. The van der Waals surface area contributed by atoms with Gasteiger partial charge in [-0.3, -0.25) is 0 Å². The number of hydrogen-bond acceptors (Lipinski definition) is 5. The van der Waals surface area contributed by atoms with Crippen LogP contribution in [0.5, 0.6) is 5.75 Å². The highest BCUT2D eigenvalue weighted by Gasteiger charge is 2.53. The highest BCUT2D eigenvalue weighted by molar-refractivity contribution is 5.88. The monoisotopic (exact) mass is 390 g/mol. The van der Waals surface area contributed by atoms with E-state index in [0.29, 0.717) is 30.6 Å². The van der Waals surface area contributed by atoms with Crippen LogP contribution in [0.2, 0.25) is 0 Å². The van der Waals surface area contributed by atoms with E-state index in [2.05, 4.69) is 6.08 Å². The molecule has 3 N–H and O–H groups in total. The van der Waals surface area contributed by atoms with Gasteiger partial charge in [0, 0.05) is 5.56 Å².